The van der Waals surface area contributed by atoms with Gasteiger partial charge in [0.2, 0.25) is 0 Å². The summed E-state index contributed by atoms with van der Waals surface area (Å²) in [4.78, 5) is 0. The number of hydrogen-bond acceptors (Lipinski definition) is 3. The largest absolute Gasteiger partial charge is 0.489 e. The molecule has 0 aromatic heterocycles. The summed E-state index contributed by atoms with van der Waals surface area (Å²) in [7, 11) is -1.47. The van der Waals surface area contributed by atoms with Gasteiger partial charge in [0.15, 0.2) is 0 Å². The van der Waals surface area contributed by atoms with Crippen LogP contribution < -0.4 is 10.2 Å². The summed E-state index contributed by atoms with van der Waals surface area (Å²) in [5, 5.41) is 18.5. The van der Waals surface area contributed by atoms with Crippen LogP contribution in [0.15, 0.2) is 48.5 Å². The normalized spacial score (nSPS) is 10.2. The molecule has 2 N–H and O–H groups in total. The molecule has 0 saturated carbocycles. The van der Waals surface area contributed by atoms with Crippen molar-refractivity contribution in [1.82, 2.24) is 0 Å². The number of aryl methyl sites for hydroxylation is 1. The fourth-order valence-electron chi connectivity index (χ4n) is 1.78. The standard InChI is InChI=1S/C14H15BO3/c1-11-5-4-7-13(9-11)18-10-12-6-2-3-8-14(12)15(16)17/h2-9,16-17H,10H2,1H3. The molecule has 0 amide bonds. The van der Waals surface area contributed by atoms with Gasteiger partial charge < -0.3 is 14.8 Å². The first kappa shape index (κ1) is 12.7. The van der Waals surface area contributed by atoms with Gasteiger partial charge in [-0.1, -0.05) is 36.4 Å². The SMILES string of the molecule is Cc1cccc(OCc2ccccc2B(O)O)c1. The molecular weight excluding hydrogens is 227 g/mol. The van der Waals surface area contributed by atoms with E-state index in [9.17, 15) is 10.0 Å². The van der Waals surface area contributed by atoms with Crippen LogP contribution in [0.1, 0.15) is 11.1 Å². The molecule has 2 rings (SSSR count). The molecule has 0 bridgehead atoms. The highest BCUT2D eigenvalue weighted by molar-refractivity contribution is 6.59. The predicted octanol–water partition coefficient (Wildman–Crippen LogP) is 1.25. The maximum atomic E-state index is 9.25. The third-order valence-electron chi connectivity index (χ3n) is 2.72. The Labute approximate surface area is 107 Å². The van der Waals surface area contributed by atoms with Crippen molar-refractivity contribution in [2.45, 2.75) is 13.5 Å². The highest BCUT2D eigenvalue weighted by Gasteiger charge is 2.15. The summed E-state index contributed by atoms with van der Waals surface area (Å²) in [6.45, 7) is 2.32. The molecule has 0 atom stereocenters. The van der Waals surface area contributed by atoms with E-state index in [1.165, 1.54) is 0 Å². The average Bonchev–Trinajstić information content (AvgIpc) is 2.37. The summed E-state index contributed by atoms with van der Waals surface area (Å²) in [5.41, 5.74) is 2.38. The van der Waals surface area contributed by atoms with Crippen LogP contribution in [0, 0.1) is 6.92 Å². The van der Waals surface area contributed by atoms with Crippen LogP contribution in [0.2, 0.25) is 0 Å². The molecule has 0 radical (unpaired) electrons. The van der Waals surface area contributed by atoms with Gasteiger partial charge in [0.25, 0.3) is 0 Å². The van der Waals surface area contributed by atoms with Crippen LogP contribution in [0.25, 0.3) is 0 Å². The summed E-state index contributed by atoms with van der Waals surface area (Å²) in [6, 6.07) is 14.9. The first-order valence-corrected chi connectivity index (χ1v) is 5.80. The molecule has 2 aromatic carbocycles. The molecule has 0 unspecified atom stereocenters. The van der Waals surface area contributed by atoms with Gasteiger partial charge in [-0.05, 0) is 35.6 Å². The highest BCUT2D eigenvalue weighted by atomic mass is 16.5. The van der Waals surface area contributed by atoms with Gasteiger partial charge in [0.1, 0.15) is 12.4 Å². The molecule has 2 aromatic rings. The first-order chi connectivity index (χ1) is 8.66. The smallest absolute Gasteiger partial charge is 0.488 e. The molecule has 0 aliphatic rings. The van der Waals surface area contributed by atoms with Crippen LogP contribution in [0.4, 0.5) is 0 Å². The molecule has 0 fully saturated rings. The average molecular weight is 242 g/mol. The Morgan fingerprint density at radius 1 is 1.06 bits per heavy atom. The fraction of sp³-hybridized carbons (Fsp3) is 0.143. The summed E-state index contributed by atoms with van der Waals surface area (Å²) < 4.78 is 5.64. The third kappa shape index (κ3) is 3.12. The molecule has 0 spiro atoms. The molecular formula is C14H15BO3. The number of ether oxygens (including phenoxy) is 1. The maximum Gasteiger partial charge on any atom is 0.488 e. The molecule has 0 aliphatic carbocycles. The van der Waals surface area contributed by atoms with Crippen LogP contribution in [-0.2, 0) is 6.61 Å². The topological polar surface area (TPSA) is 49.7 Å². The van der Waals surface area contributed by atoms with Gasteiger partial charge in [0.05, 0.1) is 0 Å². The molecule has 92 valence electrons. The first-order valence-electron chi connectivity index (χ1n) is 5.80. The lowest BCUT2D eigenvalue weighted by atomic mass is 9.77. The van der Waals surface area contributed by atoms with Crippen molar-refractivity contribution in [2.24, 2.45) is 0 Å². The minimum absolute atomic E-state index is 0.317. The lowest BCUT2D eigenvalue weighted by Crippen LogP contribution is -2.33. The Morgan fingerprint density at radius 3 is 2.56 bits per heavy atom. The molecule has 3 nitrogen and oxygen atoms in total. The zero-order valence-electron chi connectivity index (χ0n) is 10.2. The Kier molecular flexibility index (Phi) is 4.02. The number of benzene rings is 2. The second-order valence-corrected chi connectivity index (χ2v) is 4.18. The second-order valence-electron chi connectivity index (χ2n) is 4.18. The second kappa shape index (κ2) is 5.71. The van der Waals surface area contributed by atoms with E-state index in [1.807, 2.05) is 43.3 Å². The minimum Gasteiger partial charge on any atom is -0.489 e. The Bertz CT molecular complexity index is 526. The number of rotatable bonds is 4. The van der Waals surface area contributed by atoms with E-state index in [0.29, 0.717) is 12.1 Å². The molecule has 0 aliphatic heterocycles. The summed E-state index contributed by atoms with van der Waals surface area (Å²) in [5.74, 6) is 0.775. The van der Waals surface area contributed by atoms with E-state index >= 15 is 0 Å². The third-order valence-corrected chi connectivity index (χ3v) is 2.72. The van der Waals surface area contributed by atoms with E-state index in [4.69, 9.17) is 4.74 Å². The minimum atomic E-state index is -1.47. The molecule has 0 heterocycles. The van der Waals surface area contributed by atoms with Gasteiger partial charge in [-0.3, -0.25) is 0 Å². The molecule has 18 heavy (non-hydrogen) atoms. The van der Waals surface area contributed by atoms with E-state index in [0.717, 1.165) is 16.9 Å². The van der Waals surface area contributed by atoms with Crippen molar-refractivity contribution < 1.29 is 14.8 Å². The summed E-state index contributed by atoms with van der Waals surface area (Å²) >= 11 is 0. The maximum absolute atomic E-state index is 9.25. The molecule has 4 heteroatoms. The lowest BCUT2D eigenvalue weighted by molar-refractivity contribution is 0.306. The quantitative estimate of drug-likeness (QED) is 0.793. The van der Waals surface area contributed by atoms with E-state index in [-0.39, 0.29) is 0 Å². The van der Waals surface area contributed by atoms with Crippen LogP contribution in [0.5, 0.6) is 5.75 Å². The summed E-state index contributed by atoms with van der Waals surface area (Å²) in [6.07, 6.45) is 0. The highest BCUT2D eigenvalue weighted by Crippen LogP contribution is 2.14. The number of hydrogen-bond donors (Lipinski definition) is 2. The van der Waals surface area contributed by atoms with Crippen molar-refractivity contribution in [3.8, 4) is 5.75 Å². The van der Waals surface area contributed by atoms with Gasteiger partial charge in [0, 0.05) is 0 Å². The van der Waals surface area contributed by atoms with Crippen molar-refractivity contribution in [3.63, 3.8) is 0 Å². The van der Waals surface area contributed by atoms with Crippen molar-refractivity contribution in [2.75, 3.05) is 0 Å². The van der Waals surface area contributed by atoms with E-state index in [2.05, 4.69) is 0 Å². The van der Waals surface area contributed by atoms with E-state index in [1.54, 1.807) is 12.1 Å². The van der Waals surface area contributed by atoms with Crippen LogP contribution in [0.3, 0.4) is 0 Å². The lowest BCUT2D eigenvalue weighted by Gasteiger charge is -2.10. The van der Waals surface area contributed by atoms with Crippen molar-refractivity contribution >= 4 is 12.6 Å². The Hall–Kier alpha value is -1.78. The Balaban J connectivity index is 2.11. The van der Waals surface area contributed by atoms with Gasteiger partial charge >= 0.3 is 7.12 Å². The van der Waals surface area contributed by atoms with Crippen LogP contribution >= 0.6 is 0 Å². The van der Waals surface area contributed by atoms with Gasteiger partial charge in [-0.25, -0.2) is 0 Å². The Morgan fingerprint density at radius 2 is 1.83 bits per heavy atom. The predicted molar refractivity (Wildman–Crippen MR) is 71.8 cm³/mol. The van der Waals surface area contributed by atoms with E-state index < -0.39 is 7.12 Å². The van der Waals surface area contributed by atoms with Crippen molar-refractivity contribution in [1.29, 1.82) is 0 Å². The monoisotopic (exact) mass is 242 g/mol. The van der Waals surface area contributed by atoms with Crippen LogP contribution in [-0.4, -0.2) is 17.2 Å². The van der Waals surface area contributed by atoms with Crippen molar-refractivity contribution in [3.05, 3.63) is 59.7 Å². The van der Waals surface area contributed by atoms with Gasteiger partial charge in [-0.2, -0.15) is 0 Å². The zero-order chi connectivity index (χ0) is 13.0. The van der Waals surface area contributed by atoms with Gasteiger partial charge in [-0.15, -0.1) is 0 Å². The zero-order valence-corrected chi connectivity index (χ0v) is 10.2. The molecule has 0 saturated heterocycles. The fourth-order valence-corrected chi connectivity index (χ4v) is 1.78.